The zero-order valence-electron chi connectivity index (χ0n) is 16.7. The summed E-state index contributed by atoms with van der Waals surface area (Å²) in [6.45, 7) is 3.00. The van der Waals surface area contributed by atoms with Crippen LogP contribution < -0.4 is 5.32 Å². The third kappa shape index (κ3) is 4.47. The summed E-state index contributed by atoms with van der Waals surface area (Å²) in [6, 6.07) is 9.51. The van der Waals surface area contributed by atoms with Crippen molar-refractivity contribution in [3.05, 3.63) is 65.2 Å². The van der Waals surface area contributed by atoms with Crippen LogP contribution in [0.5, 0.6) is 0 Å². The largest absolute Gasteiger partial charge is 0.379 e. The number of carbonyl (C=O) groups is 1. The zero-order valence-corrected chi connectivity index (χ0v) is 18.2. The molecule has 0 bridgehead atoms. The van der Waals surface area contributed by atoms with Crippen LogP contribution in [-0.4, -0.2) is 59.7 Å². The normalized spacial score (nSPS) is 15.0. The molecule has 0 unspecified atom stereocenters. The van der Waals surface area contributed by atoms with Gasteiger partial charge in [0.1, 0.15) is 12.7 Å². The molecule has 1 saturated heterocycles. The average Bonchev–Trinajstić information content (AvgIpc) is 3.29. The first kappa shape index (κ1) is 21.4. The van der Waals surface area contributed by atoms with Gasteiger partial charge in [-0.2, -0.15) is 9.40 Å². The first-order valence-electron chi connectivity index (χ1n) is 9.51. The van der Waals surface area contributed by atoms with Crippen LogP contribution in [0.2, 0.25) is 5.02 Å². The number of amides is 1. The molecule has 0 radical (unpaired) electrons. The van der Waals surface area contributed by atoms with Crippen molar-refractivity contribution in [2.75, 3.05) is 31.6 Å². The molecule has 1 amide bonds. The van der Waals surface area contributed by atoms with Gasteiger partial charge in [0.25, 0.3) is 5.91 Å². The Balaban J connectivity index is 1.66. The molecule has 1 aliphatic rings. The van der Waals surface area contributed by atoms with Crippen LogP contribution in [0.4, 0.5) is 5.69 Å². The number of rotatable bonds is 5. The van der Waals surface area contributed by atoms with Crippen LogP contribution in [0.1, 0.15) is 15.9 Å². The Labute approximate surface area is 184 Å². The smallest absolute Gasteiger partial charge is 0.256 e. The summed E-state index contributed by atoms with van der Waals surface area (Å²) >= 11 is 6.12. The van der Waals surface area contributed by atoms with E-state index < -0.39 is 15.9 Å². The number of hydrogen-bond donors (Lipinski definition) is 1. The molecule has 2 heterocycles. The minimum Gasteiger partial charge on any atom is -0.379 e. The maximum Gasteiger partial charge on any atom is 0.256 e. The predicted molar refractivity (Wildman–Crippen MR) is 115 cm³/mol. The van der Waals surface area contributed by atoms with Gasteiger partial charge in [-0.3, -0.25) is 4.79 Å². The van der Waals surface area contributed by atoms with E-state index in [0.29, 0.717) is 35.2 Å². The van der Waals surface area contributed by atoms with Gasteiger partial charge in [-0.1, -0.05) is 17.7 Å². The molecule has 162 valence electrons. The first-order chi connectivity index (χ1) is 14.9. The number of nitrogens with one attached hydrogen (secondary N) is 1. The van der Waals surface area contributed by atoms with Crippen molar-refractivity contribution in [1.29, 1.82) is 0 Å². The lowest BCUT2D eigenvalue weighted by atomic mass is 10.1. The topological polar surface area (TPSA) is 106 Å². The van der Waals surface area contributed by atoms with E-state index in [1.807, 2.05) is 0 Å². The summed E-state index contributed by atoms with van der Waals surface area (Å²) in [5.74, 6) is -0.458. The highest BCUT2D eigenvalue weighted by molar-refractivity contribution is 7.89. The van der Waals surface area contributed by atoms with Crippen LogP contribution in [0, 0.1) is 6.92 Å². The Morgan fingerprint density at radius 1 is 1.16 bits per heavy atom. The Kier molecular flexibility index (Phi) is 6.05. The Morgan fingerprint density at radius 2 is 1.94 bits per heavy atom. The van der Waals surface area contributed by atoms with E-state index in [1.165, 1.54) is 33.8 Å². The monoisotopic (exact) mass is 461 g/mol. The number of aryl methyl sites for hydroxylation is 1. The lowest BCUT2D eigenvalue weighted by Gasteiger charge is -2.26. The minimum absolute atomic E-state index is 0.0627. The summed E-state index contributed by atoms with van der Waals surface area (Å²) in [5.41, 5.74) is 1.88. The fourth-order valence-corrected chi connectivity index (χ4v) is 4.88. The highest BCUT2D eigenvalue weighted by atomic mass is 35.5. The standard InChI is InChI=1S/C20H20ClN5O4S/c1-14-2-4-16(31(28,29)25-6-8-30-9-7-25)11-17(14)20(27)24-18-10-15(21)3-5-19(18)26-13-22-12-23-26/h2-5,10-13H,6-9H2,1H3,(H,24,27). The predicted octanol–water partition coefficient (Wildman–Crippen LogP) is 2.50. The van der Waals surface area contributed by atoms with Crippen molar-refractivity contribution in [2.45, 2.75) is 11.8 Å². The number of aromatic nitrogens is 3. The van der Waals surface area contributed by atoms with Crippen molar-refractivity contribution >= 4 is 33.2 Å². The second-order valence-electron chi connectivity index (χ2n) is 6.95. The fourth-order valence-electron chi connectivity index (χ4n) is 3.27. The minimum atomic E-state index is -3.73. The number of hydrogen-bond acceptors (Lipinski definition) is 6. The quantitative estimate of drug-likeness (QED) is 0.625. The van der Waals surface area contributed by atoms with E-state index in [0.717, 1.165) is 0 Å². The third-order valence-corrected chi connectivity index (χ3v) is 7.06. The van der Waals surface area contributed by atoms with Crippen LogP contribution in [0.15, 0.2) is 53.9 Å². The highest BCUT2D eigenvalue weighted by Gasteiger charge is 2.27. The van der Waals surface area contributed by atoms with Gasteiger partial charge in [0.15, 0.2) is 0 Å². The number of sulfonamides is 1. The molecule has 1 aliphatic heterocycles. The number of morpholine rings is 1. The Hall–Kier alpha value is -2.79. The van der Waals surface area contributed by atoms with Gasteiger partial charge < -0.3 is 10.1 Å². The summed E-state index contributed by atoms with van der Waals surface area (Å²) in [5, 5.41) is 7.33. The number of nitrogens with zero attached hydrogens (tertiary/aromatic N) is 4. The number of halogens is 1. The number of ether oxygens (including phenoxy) is 1. The maximum absolute atomic E-state index is 13.1. The molecule has 2 aromatic carbocycles. The van der Waals surface area contributed by atoms with Crippen molar-refractivity contribution in [3.63, 3.8) is 0 Å². The molecule has 11 heteroatoms. The lowest BCUT2D eigenvalue weighted by Crippen LogP contribution is -2.40. The van der Waals surface area contributed by atoms with Crippen LogP contribution in [0.25, 0.3) is 5.69 Å². The molecule has 0 aliphatic carbocycles. The molecule has 1 fully saturated rings. The van der Waals surface area contributed by atoms with Gasteiger partial charge in [-0.15, -0.1) is 0 Å². The van der Waals surface area contributed by atoms with Crippen molar-refractivity contribution in [2.24, 2.45) is 0 Å². The zero-order chi connectivity index (χ0) is 22.0. The summed E-state index contributed by atoms with van der Waals surface area (Å²) in [7, 11) is -3.73. The molecule has 1 aromatic heterocycles. The van der Waals surface area contributed by atoms with Gasteiger partial charge in [0, 0.05) is 23.7 Å². The number of benzene rings is 2. The summed E-state index contributed by atoms with van der Waals surface area (Å²) in [6.07, 6.45) is 2.88. The first-order valence-corrected chi connectivity index (χ1v) is 11.3. The molecule has 1 N–H and O–H groups in total. The molecule has 0 atom stereocenters. The van der Waals surface area contributed by atoms with Gasteiger partial charge in [0.2, 0.25) is 10.0 Å². The van der Waals surface area contributed by atoms with Gasteiger partial charge in [-0.25, -0.2) is 18.1 Å². The Bertz CT molecular complexity index is 1210. The van der Waals surface area contributed by atoms with E-state index in [-0.39, 0.29) is 23.5 Å². The van der Waals surface area contributed by atoms with Crippen LogP contribution in [0.3, 0.4) is 0 Å². The van der Waals surface area contributed by atoms with E-state index >= 15 is 0 Å². The van der Waals surface area contributed by atoms with Crippen LogP contribution >= 0.6 is 11.6 Å². The van der Waals surface area contributed by atoms with Gasteiger partial charge in [-0.05, 0) is 42.8 Å². The lowest BCUT2D eigenvalue weighted by molar-refractivity contribution is 0.0730. The number of anilines is 1. The van der Waals surface area contributed by atoms with Crippen LogP contribution in [-0.2, 0) is 14.8 Å². The summed E-state index contributed by atoms with van der Waals surface area (Å²) in [4.78, 5) is 17.1. The van der Waals surface area contributed by atoms with E-state index in [4.69, 9.17) is 16.3 Å². The average molecular weight is 462 g/mol. The molecule has 0 saturated carbocycles. The second kappa shape index (κ2) is 8.75. The molecular formula is C20H20ClN5O4S. The van der Waals surface area contributed by atoms with E-state index in [2.05, 4.69) is 15.4 Å². The van der Waals surface area contributed by atoms with Crippen molar-refractivity contribution in [1.82, 2.24) is 19.1 Å². The third-order valence-electron chi connectivity index (χ3n) is 4.93. The Morgan fingerprint density at radius 3 is 2.65 bits per heavy atom. The maximum atomic E-state index is 13.1. The molecule has 31 heavy (non-hydrogen) atoms. The molecule has 9 nitrogen and oxygen atoms in total. The SMILES string of the molecule is Cc1ccc(S(=O)(=O)N2CCOCC2)cc1C(=O)Nc1cc(Cl)ccc1-n1cncn1. The second-order valence-corrected chi connectivity index (χ2v) is 9.32. The van der Waals surface area contributed by atoms with Gasteiger partial charge >= 0.3 is 0 Å². The highest BCUT2D eigenvalue weighted by Crippen LogP contribution is 2.26. The molecule has 0 spiro atoms. The molecule has 3 aromatic rings. The molecule has 4 rings (SSSR count). The van der Waals surface area contributed by atoms with E-state index in [9.17, 15) is 13.2 Å². The van der Waals surface area contributed by atoms with E-state index in [1.54, 1.807) is 31.2 Å². The fraction of sp³-hybridized carbons (Fsp3) is 0.250. The molecular weight excluding hydrogens is 442 g/mol. The van der Waals surface area contributed by atoms with Gasteiger partial charge in [0.05, 0.1) is 29.5 Å². The van der Waals surface area contributed by atoms with Crippen molar-refractivity contribution < 1.29 is 17.9 Å². The van der Waals surface area contributed by atoms with Crippen molar-refractivity contribution in [3.8, 4) is 5.69 Å². The number of carbonyl (C=O) groups excluding carboxylic acids is 1. The summed E-state index contributed by atoms with van der Waals surface area (Å²) < 4.78 is 34.1.